The van der Waals surface area contributed by atoms with E-state index in [9.17, 15) is 19.7 Å². The number of fused-ring (bicyclic) bond motifs is 4. The standard InChI is InChI=1S/C28H24N4O5/c1-37-24-9-5-2-6-18(24)15-30-16-25(33)31-23(28(30)34)14-21-20-7-3-4-8-22(20)29-26(21)27(31)17-10-12-19(13-11-17)32(35)36/h2-13,23,27,29H,14-16H2,1H3. The number of rotatable bonds is 5. The smallest absolute Gasteiger partial charge is 0.269 e. The Morgan fingerprint density at radius 1 is 1.03 bits per heavy atom. The molecule has 2 amide bonds. The molecular formula is C28H24N4O5. The zero-order chi connectivity index (χ0) is 25.7. The second-order valence-electron chi connectivity index (χ2n) is 9.34. The van der Waals surface area contributed by atoms with Crippen molar-refractivity contribution in [3.8, 4) is 5.75 Å². The SMILES string of the molecule is COc1ccccc1CN1CC(=O)N2C(Cc3c([nH]c4ccccc34)C2c2ccc([N+](=O)[O-])cc2)C1=O. The summed E-state index contributed by atoms with van der Waals surface area (Å²) >= 11 is 0. The predicted octanol–water partition coefficient (Wildman–Crippen LogP) is 3.97. The van der Waals surface area contributed by atoms with Crippen molar-refractivity contribution < 1.29 is 19.2 Å². The molecule has 2 aliphatic rings. The number of aromatic amines is 1. The third kappa shape index (κ3) is 3.70. The summed E-state index contributed by atoms with van der Waals surface area (Å²) in [5, 5.41) is 12.2. The van der Waals surface area contributed by atoms with Crippen molar-refractivity contribution in [1.82, 2.24) is 14.8 Å². The van der Waals surface area contributed by atoms with Crippen molar-refractivity contribution in [3.05, 3.63) is 105 Å². The minimum Gasteiger partial charge on any atom is -0.496 e. The molecule has 1 saturated heterocycles. The largest absolute Gasteiger partial charge is 0.496 e. The third-order valence-electron chi connectivity index (χ3n) is 7.32. The number of piperazine rings is 1. The Morgan fingerprint density at radius 3 is 2.51 bits per heavy atom. The van der Waals surface area contributed by atoms with Gasteiger partial charge in [0.15, 0.2) is 0 Å². The van der Waals surface area contributed by atoms with E-state index >= 15 is 0 Å². The molecule has 3 aromatic carbocycles. The summed E-state index contributed by atoms with van der Waals surface area (Å²) < 4.78 is 5.46. The van der Waals surface area contributed by atoms with Gasteiger partial charge in [-0.3, -0.25) is 19.7 Å². The van der Waals surface area contributed by atoms with Crippen molar-refractivity contribution in [2.24, 2.45) is 0 Å². The van der Waals surface area contributed by atoms with Crippen molar-refractivity contribution in [2.45, 2.75) is 25.0 Å². The summed E-state index contributed by atoms with van der Waals surface area (Å²) in [5.41, 5.74) is 4.26. The number of aromatic nitrogens is 1. The molecule has 0 aliphatic carbocycles. The van der Waals surface area contributed by atoms with Gasteiger partial charge in [0, 0.05) is 47.3 Å². The molecule has 9 nitrogen and oxygen atoms in total. The van der Waals surface area contributed by atoms with Crippen LogP contribution < -0.4 is 4.74 Å². The summed E-state index contributed by atoms with van der Waals surface area (Å²) in [6.45, 7) is 0.203. The maximum absolute atomic E-state index is 13.9. The number of benzene rings is 3. The molecule has 4 aromatic rings. The Hall–Kier alpha value is -4.66. The van der Waals surface area contributed by atoms with E-state index in [2.05, 4.69) is 4.98 Å². The first-order valence-electron chi connectivity index (χ1n) is 12.0. The number of nitro benzene ring substituents is 1. The molecule has 0 saturated carbocycles. The first-order chi connectivity index (χ1) is 18.0. The molecule has 2 aliphatic heterocycles. The van der Waals surface area contributed by atoms with Crippen molar-refractivity contribution >= 4 is 28.4 Å². The number of ether oxygens (including phenoxy) is 1. The van der Waals surface area contributed by atoms with Crippen LogP contribution in [0.3, 0.4) is 0 Å². The molecule has 6 rings (SSSR count). The Bertz CT molecular complexity index is 1540. The molecule has 0 radical (unpaired) electrons. The van der Waals surface area contributed by atoms with Crippen LogP contribution in [0.5, 0.6) is 5.75 Å². The van der Waals surface area contributed by atoms with Crippen LogP contribution in [0.2, 0.25) is 0 Å². The number of methoxy groups -OCH3 is 1. The van der Waals surface area contributed by atoms with Gasteiger partial charge in [-0.15, -0.1) is 0 Å². The van der Waals surface area contributed by atoms with Crippen molar-refractivity contribution in [1.29, 1.82) is 0 Å². The molecule has 3 heterocycles. The van der Waals surface area contributed by atoms with E-state index in [0.717, 1.165) is 27.7 Å². The second-order valence-corrected chi connectivity index (χ2v) is 9.34. The molecule has 2 unspecified atom stereocenters. The average Bonchev–Trinajstić information content (AvgIpc) is 3.29. The van der Waals surface area contributed by atoms with Crippen LogP contribution in [-0.2, 0) is 22.6 Å². The van der Waals surface area contributed by atoms with Gasteiger partial charge >= 0.3 is 0 Å². The molecule has 1 fully saturated rings. The van der Waals surface area contributed by atoms with Crippen LogP contribution in [-0.4, -0.2) is 51.2 Å². The molecule has 0 spiro atoms. The van der Waals surface area contributed by atoms with Crippen LogP contribution in [0.25, 0.3) is 10.9 Å². The van der Waals surface area contributed by atoms with Crippen molar-refractivity contribution in [3.63, 3.8) is 0 Å². The lowest BCUT2D eigenvalue weighted by Crippen LogP contribution is -2.62. The monoisotopic (exact) mass is 496 g/mol. The fourth-order valence-corrected chi connectivity index (χ4v) is 5.62. The number of carbonyl (C=O) groups is 2. The van der Waals surface area contributed by atoms with Gasteiger partial charge in [0.2, 0.25) is 11.8 Å². The minimum atomic E-state index is -0.692. The van der Waals surface area contributed by atoms with Gasteiger partial charge < -0.3 is 19.5 Å². The lowest BCUT2D eigenvalue weighted by Gasteiger charge is -2.47. The first-order valence-corrected chi connectivity index (χ1v) is 12.0. The number of H-pyrrole nitrogens is 1. The van der Waals surface area contributed by atoms with Crippen LogP contribution in [0.1, 0.15) is 28.4 Å². The Morgan fingerprint density at radius 2 is 1.76 bits per heavy atom. The van der Waals surface area contributed by atoms with Crippen LogP contribution in [0.4, 0.5) is 5.69 Å². The lowest BCUT2D eigenvalue weighted by atomic mass is 9.86. The normalized spacial score (nSPS) is 19.1. The van der Waals surface area contributed by atoms with Crippen LogP contribution in [0, 0.1) is 10.1 Å². The molecule has 1 N–H and O–H groups in total. The van der Waals surface area contributed by atoms with E-state index in [1.807, 2.05) is 48.5 Å². The quantitative estimate of drug-likeness (QED) is 0.332. The third-order valence-corrected chi connectivity index (χ3v) is 7.32. The Balaban J connectivity index is 1.44. The number of non-ortho nitro benzene ring substituents is 1. The minimum absolute atomic E-state index is 0.0305. The second kappa shape index (κ2) is 8.77. The van der Waals surface area contributed by atoms with Gasteiger partial charge in [0.25, 0.3) is 5.69 Å². The molecule has 186 valence electrons. The van der Waals surface area contributed by atoms with E-state index in [1.165, 1.54) is 12.1 Å². The van der Waals surface area contributed by atoms with E-state index in [0.29, 0.717) is 17.7 Å². The highest BCUT2D eigenvalue weighted by Gasteiger charge is 2.48. The summed E-state index contributed by atoms with van der Waals surface area (Å²) in [7, 11) is 1.58. The number of carbonyl (C=O) groups excluding carboxylic acids is 2. The highest BCUT2D eigenvalue weighted by Crippen LogP contribution is 2.43. The number of nitrogens with one attached hydrogen (secondary N) is 1. The molecule has 1 aromatic heterocycles. The summed E-state index contributed by atoms with van der Waals surface area (Å²) in [6.07, 6.45) is 0.385. The average molecular weight is 497 g/mol. The zero-order valence-corrected chi connectivity index (χ0v) is 20.1. The van der Waals surface area contributed by atoms with E-state index in [-0.39, 0.29) is 30.6 Å². The van der Waals surface area contributed by atoms with Gasteiger partial charge in [-0.25, -0.2) is 0 Å². The Kier molecular flexibility index (Phi) is 5.40. The molecule has 37 heavy (non-hydrogen) atoms. The number of hydrogen-bond donors (Lipinski definition) is 1. The molecule has 9 heteroatoms. The van der Waals surface area contributed by atoms with E-state index in [1.54, 1.807) is 29.0 Å². The summed E-state index contributed by atoms with van der Waals surface area (Å²) in [6, 6.07) is 20.3. The topological polar surface area (TPSA) is 109 Å². The van der Waals surface area contributed by atoms with Gasteiger partial charge in [0.05, 0.1) is 18.1 Å². The van der Waals surface area contributed by atoms with Crippen LogP contribution in [0.15, 0.2) is 72.8 Å². The highest BCUT2D eigenvalue weighted by atomic mass is 16.6. The number of amides is 2. The van der Waals surface area contributed by atoms with E-state index < -0.39 is 17.0 Å². The number of nitro groups is 1. The summed E-state index contributed by atoms with van der Waals surface area (Å²) in [4.78, 5) is 45.1. The van der Waals surface area contributed by atoms with Gasteiger partial charge in [-0.1, -0.05) is 36.4 Å². The molecule has 0 bridgehead atoms. The molecule has 2 atom stereocenters. The molecular weight excluding hydrogens is 472 g/mol. The fraction of sp³-hybridized carbons (Fsp3) is 0.214. The highest BCUT2D eigenvalue weighted by molar-refractivity contribution is 5.97. The van der Waals surface area contributed by atoms with Gasteiger partial charge in [-0.05, 0) is 35.4 Å². The maximum atomic E-state index is 13.9. The summed E-state index contributed by atoms with van der Waals surface area (Å²) in [5.74, 6) is 0.358. The fourth-order valence-electron chi connectivity index (χ4n) is 5.62. The Labute approximate surface area is 212 Å². The van der Waals surface area contributed by atoms with Crippen LogP contribution >= 0.6 is 0 Å². The number of nitrogens with zero attached hydrogens (tertiary/aromatic N) is 3. The zero-order valence-electron chi connectivity index (χ0n) is 20.1. The number of para-hydroxylation sites is 2. The maximum Gasteiger partial charge on any atom is 0.269 e. The first kappa shape index (κ1) is 22.8. The number of hydrogen-bond acceptors (Lipinski definition) is 5. The lowest BCUT2D eigenvalue weighted by molar-refractivity contribution is -0.384. The van der Waals surface area contributed by atoms with Gasteiger partial charge in [0.1, 0.15) is 18.3 Å². The van der Waals surface area contributed by atoms with Crippen molar-refractivity contribution in [2.75, 3.05) is 13.7 Å². The predicted molar refractivity (Wildman–Crippen MR) is 136 cm³/mol. The van der Waals surface area contributed by atoms with Gasteiger partial charge in [-0.2, -0.15) is 0 Å². The van der Waals surface area contributed by atoms with E-state index in [4.69, 9.17) is 4.74 Å².